The normalized spacial score (nSPS) is 9.50. The van der Waals surface area contributed by atoms with Crippen LogP contribution in [0.5, 0.6) is 0 Å². The summed E-state index contributed by atoms with van der Waals surface area (Å²) in [5.41, 5.74) is 0. The van der Waals surface area contributed by atoms with Gasteiger partial charge in [0.15, 0.2) is 0 Å². The average molecular weight is 196 g/mol. The van der Waals surface area contributed by atoms with Gasteiger partial charge in [-0.25, -0.2) is 0 Å². The van der Waals surface area contributed by atoms with Crippen molar-refractivity contribution in [3.05, 3.63) is 18.3 Å². The first-order valence-corrected chi connectivity index (χ1v) is 4.31. The summed E-state index contributed by atoms with van der Waals surface area (Å²) < 4.78 is 4.62. The molecule has 0 aliphatic rings. The average Bonchev–Trinajstić information content (AvgIpc) is 2.56. The number of hydrogen-bond donors (Lipinski definition) is 2. The Labute approximate surface area is 81.5 Å². The Kier molecular flexibility index (Phi) is 3.72. The van der Waals surface area contributed by atoms with E-state index in [1.807, 2.05) is 0 Å². The van der Waals surface area contributed by atoms with Gasteiger partial charge in [0.05, 0.1) is 6.61 Å². The zero-order valence-corrected chi connectivity index (χ0v) is 7.87. The molecule has 1 rings (SSSR count). The lowest BCUT2D eigenvalue weighted by molar-refractivity contribution is -0.145. The Balaban J connectivity index is 2.33. The number of carbonyl (C=O) groups excluding carboxylic acids is 2. The summed E-state index contributed by atoms with van der Waals surface area (Å²) in [6, 6.07) is 3.45. The van der Waals surface area contributed by atoms with E-state index in [0.717, 1.165) is 0 Å². The van der Waals surface area contributed by atoms with Crippen LogP contribution in [0.2, 0.25) is 0 Å². The molecule has 0 radical (unpaired) electrons. The van der Waals surface area contributed by atoms with E-state index in [1.165, 1.54) is 0 Å². The second-order valence-corrected chi connectivity index (χ2v) is 2.61. The molecule has 0 saturated heterocycles. The Morgan fingerprint density at radius 2 is 2.36 bits per heavy atom. The largest absolute Gasteiger partial charge is 0.466 e. The van der Waals surface area contributed by atoms with Gasteiger partial charge in [-0.1, -0.05) is 0 Å². The fourth-order valence-corrected chi connectivity index (χ4v) is 0.946. The maximum absolute atomic E-state index is 11.2. The van der Waals surface area contributed by atoms with Gasteiger partial charge in [-0.3, -0.25) is 9.59 Å². The predicted molar refractivity (Wildman–Crippen MR) is 50.7 cm³/mol. The third-order valence-corrected chi connectivity index (χ3v) is 1.48. The molecule has 76 valence electrons. The van der Waals surface area contributed by atoms with Crippen molar-refractivity contribution in [2.75, 3.05) is 11.9 Å². The molecule has 5 nitrogen and oxygen atoms in total. The van der Waals surface area contributed by atoms with Crippen LogP contribution in [0.1, 0.15) is 13.3 Å². The standard InChI is InChI=1S/C9H12N2O3/c1-2-14-9(13)6-8(12)11-7-4-3-5-10-7/h3-5,10H,2,6H2,1H3,(H,11,12). The van der Waals surface area contributed by atoms with Crippen molar-refractivity contribution in [3.8, 4) is 0 Å². The lowest BCUT2D eigenvalue weighted by Gasteiger charge is -2.02. The van der Waals surface area contributed by atoms with Crippen LogP contribution in [0.4, 0.5) is 5.82 Å². The zero-order chi connectivity index (χ0) is 10.4. The topological polar surface area (TPSA) is 71.2 Å². The molecule has 14 heavy (non-hydrogen) atoms. The van der Waals surface area contributed by atoms with Crippen molar-refractivity contribution in [1.29, 1.82) is 0 Å². The molecule has 1 amide bonds. The SMILES string of the molecule is CCOC(=O)CC(=O)Nc1ccc[nH]1. The lowest BCUT2D eigenvalue weighted by atomic mass is 10.4. The third-order valence-electron chi connectivity index (χ3n) is 1.48. The number of nitrogens with one attached hydrogen (secondary N) is 2. The Morgan fingerprint density at radius 3 is 2.93 bits per heavy atom. The molecule has 0 atom stereocenters. The second kappa shape index (κ2) is 5.06. The summed E-state index contributed by atoms with van der Waals surface area (Å²) in [6.45, 7) is 1.98. The number of anilines is 1. The van der Waals surface area contributed by atoms with Crippen molar-refractivity contribution in [1.82, 2.24) is 4.98 Å². The smallest absolute Gasteiger partial charge is 0.315 e. The number of amides is 1. The van der Waals surface area contributed by atoms with Gasteiger partial charge < -0.3 is 15.0 Å². The fraction of sp³-hybridized carbons (Fsp3) is 0.333. The highest BCUT2D eigenvalue weighted by Crippen LogP contribution is 2.01. The van der Waals surface area contributed by atoms with Crippen LogP contribution in [0.15, 0.2) is 18.3 Å². The van der Waals surface area contributed by atoms with Crippen LogP contribution in [-0.2, 0) is 14.3 Å². The van der Waals surface area contributed by atoms with E-state index in [-0.39, 0.29) is 18.9 Å². The van der Waals surface area contributed by atoms with Gasteiger partial charge in [0, 0.05) is 6.20 Å². The van der Waals surface area contributed by atoms with Crippen molar-refractivity contribution in [2.45, 2.75) is 13.3 Å². The van der Waals surface area contributed by atoms with E-state index in [0.29, 0.717) is 5.82 Å². The first-order valence-electron chi connectivity index (χ1n) is 4.31. The van der Waals surface area contributed by atoms with Crippen LogP contribution in [0.3, 0.4) is 0 Å². The van der Waals surface area contributed by atoms with Crippen LogP contribution in [-0.4, -0.2) is 23.5 Å². The van der Waals surface area contributed by atoms with E-state index in [2.05, 4.69) is 15.0 Å². The summed E-state index contributed by atoms with van der Waals surface area (Å²) in [6.07, 6.45) is 1.42. The first-order chi connectivity index (χ1) is 6.72. The summed E-state index contributed by atoms with van der Waals surface area (Å²) in [5, 5.41) is 2.52. The Bertz CT molecular complexity index is 306. The molecule has 1 heterocycles. The van der Waals surface area contributed by atoms with E-state index in [1.54, 1.807) is 25.3 Å². The third kappa shape index (κ3) is 3.30. The zero-order valence-electron chi connectivity index (χ0n) is 7.87. The highest BCUT2D eigenvalue weighted by atomic mass is 16.5. The molecular weight excluding hydrogens is 184 g/mol. The minimum atomic E-state index is -0.517. The number of aromatic nitrogens is 1. The van der Waals surface area contributed by atoms with Gasteiger partial charge in [-0.05, 0) is 19.1 Å². The summed E-state index contributed by atoms with van der Waals surface area (Å²) >= 11 is 0. The van der Waals surface area contributed by atoms with Crippen LogP contribution >= 0.6 is 0 Å². The van der Waals surface area contributed by atoms with Gasteiger partial charge in [-0.2, -0.15) is 0 Å². The highest BCUT2D eigenvalue weighted by Gasteiger charge is 2.09. The van der Waals surface area contributed by atoms with Gasteiger partial charge in [-0.15, -0.1) is 0 Å². The van der Waals surface area contributed by atoms with Crippen LogP contribution < -0.4 is 5.32 Å². The highest BCUT2D eigenvalue weighted by molar-refractivity contribution is 6.01. The first kappa shape index (κ1) is 10.3. The molecular formula is C9H12N2O3. The number of rotatable bonds is 4. The molecule has 5 heteroatoms. The molecule has 0 aliphatic carbocycles. The fourth-order valence-electron chi connectivity index (χ4n) is 0.946. The number of hydrogen-bond acceptors (Lipinski definition) is 3. The number of esters is 1. The van der Waals surface area contributed by atoms with Crippen molar-refractivity contribution >= 4 is 17.7 Å². The monoisotopic (exact) mass is 196 g/mol. The van der Waals surface area contributed by atoms with Crippen molar-refractivity contribution in [2.24, 2.45) is 0 Å². The number of H-pyrrole nitrogens is 1. The molecule has 0 unspecified atom stereocenters. The summed E-state index contributed by atoms with van der Waals surface area (Å²) in [7, 11) is 0. The van der Waals surface area contributed by atoms with E-state index in [4.69, 9.17) is 0 Å². The van der Waals surface area contributed by atoms with Crippen molar-refractivity contribution in [3.63, 3.8) is 0 Å². The van der Waals surface area contributed by atoms with Crippen LogP contribution in [0, 0.1) is 0 Å². The minimum absolute atomic E-state index is 0.257. The summed E-state index contributed by atoms with van der Waals surface area (Å²) in [4.78, 5) is 24.8. The molecule has 1 aromatic rings. The number of carbonyl (C=O) groups is 2. The number of aromatic amines is 1. The molecule has 2 N–H and O–H groups in total. The molecule has 0 bridgehead atoms. The van der Waals surface area contributed by atoms with Gasteiger partial charge in [0.25, 0.3) is 0 Å². The maximum Gasteiger partial charge on any atom is 0.315 e. The minimum Gasteiger partial charge on any atom is -0.466 e. The lowest BCUT2D eigenvalue weighted by Crippen LogP contribution is -2.18. The number of ether oxygens (including phenoxy) is 1. The van der Waals surface area contributed by atoms with E-state index >= 15 is 0 Å². The molecule has 0 saturated carbocycles. The van der Waals surface area contributed by atoms with Crippen molar-refractivity contribution < 1.29 is 14.3 Å². The quantitative estimate of drug-likeness (QED) is 0.555. The van der Waals surface area contributed by atoms with Crippen LogP contribution in [0.25, 0.3) is 0 Å². The van der Waals surface area contributed by atoms with Gasteiger partial charge >= 0.3 is 5.97 Å². The van der Waals surface area contributed by atoms with Gasteiger partial charge in [0.2, 0.25) is 5.91 Å². The molecule has 0 aromatic carbocycles. The van der Waals surface area contributed by atoms with E-state index in [9.17, 15) is 9.59 Å². The second-order valence-electron chi connectivity index (χ2n) is 2.61. The van der Waals surface area contributed by atoms with Gasteiger partial charge in [0.1, 0.15) is 12.2 Å². The van der Waals surface area contributed by atoms with E-state index < -0.39 is 5.97 Å². The summed E-state index contributed by atoms with van der Waals surface area (Å²) in [5.74, 6) is -0.332. The predicted octanol–water partition coefficient (Wildman–Crippen LogP) is 0.906. The Hall–Kier alpha value is -1.78. The maximum atomic E-state index is 11.2. The Morgan fingerprint density at radius 1 is 1.57 bits per heavy atom. The molecule has 1 aromatic heterocycles. The molecule has 0 aliphatic heterocycles. The molecule has 0 spiro atoms. The molecule has 0 fully saturated rings.